The van der Waals surface area contributed by atoms with Crippen molar-refractivity contribution in [1.29, 1.82) is 0 Å². The maximum Gasteiger partial charge on any atom is 0.410 e. The summed E-state index contributed by atoms with van der Waals surface area (Å²) in [7, 11) is 0. The molecule has 0 aromatic heterocycles. The Kier molecular flexibility index (Phi) is 18.9. The van der Waals surface area contributed by atoms with Gasteiger partial charge in [-0.2, -0.15) is 0 Å². The number of alkyl halides is 2. The van der Waals surface area contributed by atoms with Crippen LogP contribution in [0.15, 0.2) is 40.9 Å². The third-order valence-electron chi connectivity index (χ3n) is 10.9. The van der Waals surface area contributed by atoms with E-state index in [4.69, 9.17) is 32.7 Å². The first-order valence-corrected chi connectivity index (χ1v) is 22.7. The highest BCUT2D eigenvalue weighted by Crippen LogP contribution is 2.34. The summed E-state index contributed by atoms with van der Waals surface area (Å²) in [6.07, 6.45) is 0.842. The van der Waals surface area contributed by atoms with E-state index < -0.39 is 23.5 Å². The molecule has 4 heterocycles. The fourth-order valence-electron chi connectivity index (χ4n) is 7.34. The van der Waals surface area contributed by atoms with E-state index in [0.29, 0.717) is 70.0 Å². The zero-order valence-corrected chi connectivity index (χ0v) is 39.4. The van der Waals surface area contributed by atoms with Gasteiger partial charge in [-0.05, 0) is 145 Å². The van der Waals surface area contributed by atoms with Crippen molar-refractivity contribution in [2.24, 2.45) is 0 Å². The zero-order chi connectivity index (χ0) is 43.5. The van der Waals surface area contributed by atoms with Gasteiger partial charge in [0.2, 0.25) is 0 Å². The summed E-state index contributed by atoms with van der Waals surface area (Å²) in [5.74, 6) is 0. The molecule has 4 aliphatic rings. The number of rotatable bonds is 5. The number of anilines is 1. The molecule has 4 aliphatic heterocycles. The third-order valence-corrected chi connectivity index (χ3v) is 12.5. The van der Waals surface area contributed by atoms with E-state index >= 15 is 0 Å². The van der Waals surface area contributed by atoms with Crippen molar-refractivity contribution in [2.45, 2.75) is 117 Å². The highest BCUT2D eigenvalue weighted by atomic mass is 79.9. The van der Waals surface area contributed by atoms with E-state index in [9.17, 15) is 18.4 Å². The number of amides is 2. The first-order chi connectivity index (χ1) is 27.7. The van der Waals surface area contributed by atoms with Crippen LogP contribution in [0.5, 0.6) is 0 Å². The van der Waals surface area contributed by atoms with Crippen LogP contribution in [-0.2, 0) is 9.47 Å². The molecule has 2 atom stereocenters. The molecule has 4 saturated heterocycles. The molecule has 0 aliphatic carbocycles. The second-order valence-corrected chi connectivity index (χ2v) is 19.5. The monoisotopic (exact) mass is 930 g/mol. The summed E-state index contributed by atoms with van der Waals surface area (Å²) in [6.45, 7) is 24.8. The number of carbonyl (C=O) groups excluding carboxylic acids is 2. The zero-order valence-electron chi connectivity index (χ0n) is 36.3. The smallest absolute Gasteiger partial charge is 0.410 e. The second-order valence-electron chi connectivity index (χ2n) is 17.8. The van der Waals surface area contributed by atoms with Crippen LogP contribution in [0.2, 0.25) is 10.0 Å². The Bertz CT molecular complexity index is 1640. The van der Waals surface area contributed by atoms with Gasteiger partial charge in [-0.1, -0.05) is 35.3 Å². The van der Waals surface area contributed by atoms with E-state index in [1.165, 1.54) is 11.1 Å². The summed E-state index contributed by atoms with van der Waals surface area (Å²) < 4.78 is 37.5. The van der Waals surface area contributed by atoms with Crippen LogP contribution in [0.4, 0.5) is 24.1 Å². The minimum Gasteiger partial charge on any atom is -0.444 e. The minimum atomic E-state index is -0.701. The van der Waals surface area contributed by atoms with Gasteiger partial charge in [-0.3, -0.25) is 9.80 Å². The van der Waals surface area contributed by atoms with Crippen LogP contribution >= 0.6 is 39.1 Å². The lowest BCUT2D eigenvalue weighted by molar-refractivity contribution is 0.0102. The molecular formula is C44H67BrCl2F2N6O4. The molecule has 0 radical (unpaired) electrons. The van der Waals surface area contributed by atoms with Gasteiger partial charge in [0.25, 0.3) is 0 Å². The van der Waals surface area contributed by atoms with Gasteiger partial charge in [0, 0.05) is 82.0 Å². The van der Waals surface area contributed by atoms with Gasteiger partial charge >= 0.3 is 12.2 Å². The molecule has 10 nitrogen and oxygen atoms in total. The molecule has 0 bridgehead atoms. The highest BCUT2D eigenvalue weighted by Gasteiger charge is 2.30. The predicted octanol–water partition coefficient (Wildman–Crippen LogP) is 10.3. The highest BCUT2D eigenvalue weighted by molar-refractivity contribution is 9.10. The molecule has 1 N–H and O–H groups in total. The van der Waals surface area contributed by atoms with Gasteiger partial charge in [0.1, 0.15) is 23.5 Å². The predicted molar refractivity (Wildman–Crippen MR) is 240 cm³/mol. The number of piperazine rings is 2. The van der Waals surface area contributed by atoms with Gasteiger partial charge in [-0.25, -0.2) is 18.4 Å². The lowest BCUT2D eigenvalue weighted by Gasteiger charge is -2.39. The Morgan fingerprint density at radius 3 is 1.46 bits per heavy atom. The van der Waals surface area contributed by atoms with Crippen molar-refractivity contribution in [3.05, 3.63) is 62.0 Å². The van der Waals surface area contributed by atoms with E-state index in [0.717, 1.165) is 54.5 Å². The number of hydrogen-bond donors (Lipinski definition) is 1. The topological polar surface area (TPSA) is 80.8 Å². The molecule has 4 fully saturated rings. The van der Waals surface area contributed by atoms with Crippen LogP contribution in [0.3, 0.4) is 0 Å². The number of halogens is 5. The molecule has 2 aromatic rings. The molecule has 59 heavy (non-hydrogen) atoms. The maximum absolute atomic E-state index is 13.5. The molecule has 2 unspecified atom stereocenters. The van der Waals surface area contributed by atoms with Crippen LogP contribution < -0.4 is 10.2 Å². The number of hydrogen-bond acceptors (Lipinski definition) is 8. The maximum atomic E-state index is 13.5. The van der Waals surface area contributed by atoms with Gasteiger partial charge in [-0.15, -0.1) is 0 Å². The standard InChI is InChI=1S/C22H33ClFN3O2.C17H24BrClN2O2.C5H10FN/c1-16(25-11-13-27(14-12-25)21(28)29-22(2,3)4)17-5-6-19(23)20(15-17)26-9-7-18(24)8-10-26;1-12(13-5-6-15(19)14(18)11-13)20-7-9-21(10-8-20)16(22)23-17(2,3)4;6-5-1-3-7-4-2-5/h5-6,15-16,18H,7-14H2,1-4H3;5-6,11-12H,7-10H2,1-4H3;5,7H,1-4H2. The second kappa shape index (κ2) is 22.6. The molecule has 2 aromatic carbocycles. The Morgan fingerprint density at radius 1 is 0.661 bits per heavy atom. The third kappa shape index (κ3) is 16.1. The van der Waals surface area contributed by atoms with Crippen molar-refractivity contribution >= 4 is 57.0 Å². The van der Waals surface area contributed by atoms with Crippen molar-refractivity contribution in [3.63, 3.8) is 0 Å². The molecule has 2 amide bonds. The number of carbonyl (C=O) groups is 2. The first-order valence-electron chi connectivity index (χ1n) is 21.1. The average molecular weight is 933 g/mol. The Morgan fingerprint density at radius 2 is 1.07 bits per heavy atom. The van der Waals surface area contributed by atoms with Crippen molar-refractivity contribution in [2.75, 3.05) is 83.4 Å². The number of piperidine rings is 2. The normalized spacial score (nSPS) is 20.1. The molecule has 15 heteroatoms. The molecule has 0 saturated carbocycles. The summed E-state index contributed by atoms with van der Waals surface area (Å²) in [5, 5.41) is 4.51. The number of ether oxygens (including phenoxy) is 2. The van der Waals surface area contributed by atoms with Crippen LogP contribution in [0.1, 0.15) is 104 Å². The lowest BCUT2D eigenvalue weighted by atomic mass is 10.0. The minimum absolute atomic E-state index is 0.213. The van der Waals surface area contributed by atoms with E-state index in [-0.39, 0.29) is 24.3 Å². The summed E-state index contributed by atoms with van der Waals surface area (Å²) in [5.41, 5.74) is 2.48. The van der Waals surface area contributed by atoms with Crippen molar-refractivity contribution < 1.29 is 27.8 Å². The number of nitrogens with one attached hydrogen (secondary N) is 1. The van der Waals surface area contributed by atoms with Gasteiger partial charge < -0.3 is 29.5 Å². The largest absolute Gasteiger partial charge is 0.444 e. The fourth-order valence-corrected chi connectivity index (χ4v) is 8.09. The van der Waals surface area contributed by atoms with Crippen LogP contribution in [-0.4, -0.2) is 134 Å². The quantitative estimate of drug-likeness (QED) is 0.318. The van der Waals surface area contributed by atoms with Crippen molar-refractivity contribution in [3.8, 4) is 0 Å². The Balaban J connectivity index is 0.000000227. The van der Waals surface area contributed by atoms with Crippen molar-refractivity contribution in [1.82, 2.24) is 24.9 Å². The van der Waals surface area contributed by atoms with E-state index in [1.54, 1.807) is 9.80 Å². The van der Waals surface area contributed by atoms with Crippen LogP contribution in [0, 0.1) is 0 Å². The summed E-state index contributed by atoms with van der Waals surface area (Å²) in [6, 6.07) is 12.7. The van der Waals surface area contributed by atoms with E-state index in [1.807, 2.05) is 53.7 Å². The Labute approximate surface area is 370 Å². The lowest BCUT2D eigenvalue weighted by Crippen LogP contribution is -2.50. The van der Waals surface area contributed by atoms with Gasteiger partial charge in [0.05, 0.1) is 15.7 Å². The number of benzene rings is 2. The fraction of sp³-hybridized carbons (Fsp3) is 0.682. The Hall–Kier alpha value is -2.42. The molecule has 0 spiro atoms. The number of nitrogens with zero attached hydrogens (tertiary/aromatic N) is 5. The SMILES string of the molecule is CC(c1ccc(Cl)c(Br)c1)N1CCN(C(=O)OC(C)(C)C)CC1.CC(c1ccc(Cl)c(N2CCC(F)CC2)c1)N1CCN(C(=O)OC(C)(C)C)CC1.FC1CCNCC1. The van der Waals surface area contributed by atoms with E-state index in [2.05, 4.69) is 74.1 Å². The molecule has 6 rings (SSSR count). The molecule has 332 valence electrons. The molecular weight excluding hydrogens is 865 g/mol. The summed E-state index contributed by atoms with van der Waals surface area (Å²) in [4.78, 5) is 34.9. The van der Waals surface area contributed by atoms with Gasteiger partial charge in [0.15, 0.2) is 0 Å². The average Bonchev–Trinajstić information content (AvgIpc) is 3.18. The first kappa shape index (κ1) is 49.2. The van der Waals surface area contributed by atoms with Crippen LogP contribution in [0.25, 0.3) is 0 Å². The summed E-state index contributed by atoms with van der Waals surface area (Å²) >= 11 is 16.0.